The van der Waals surface area contributed by atoms with Crippen LogP contribution in [-0.4, -0.2) is 20.1 Å². The normalized spacial score (nSPS) is 10.2. The van der Waals surface area contributed by atoms with Crippen molar-refractivity contribution < 1.29 is 9.47 Å². The minimum atomic E-state index is 0.669. The molecule has 0 aliphatic rings. The van der Waals surface area contributed by atoms with Gasteiger partial charge in [0.1, 0.15) is 11.5 Å². The highest BCUT2D eigenvalue weighted by atomic mass is 16.5. The van der Waals surface area contributed by atoms with Crippen LogP contribution in [-0.2, 0) is 12.8 Å². The van der Waals surface area contributed by atoms with Gasteiger partial charge < -0.3 is 15.2 Å². The van der Waals surface area contributed by atoms with Crippen molar-refractivity contribution in [3.05, 3.63) is 190 Å². The summed E-state index contributed by atoms with van der Waals surface area (Å²) in [4.78, 5) is 4.71. The van der Waals surface area contributed by atoms with Gasteiger partial charge in [-0.1, -0.05) is 121 Å². The number of para-hydroxylation sites is 2. The number of hydrogen-bond acceptors (Lipinski definition) is 4. The van der Waals surface area contributed by atoms with Crippen molar-refractivity contribution >= 4 is 22.8 Å². The van der Waals surface area contributed by atoms with Gasteiger partial charge in [0, 0.05) is 24.1 Å². The number of nitrogens with zero attached hydrogens (tertiary/aromatic N) is 1. The number of hydrogen-bond donors (Lipinski definition) is 1. The molecule has 0 amide bonds. The predicted molar refractivity (Wildman–Crippen MR) is 201 cm³/mol. The predicted octanol–water partition coefficient (Wildman–Crippen LogP) is 10.2. The number of nitrogens with two attached hydrogens (primary N) is 1. The Kier molecular flexibility index (Phi) is 11.6. The summed E-state index contributed by atoms with van der Waals surface area (Å²) in [5, 5.41) is 0. The van der Waals surface area contributed by atoms with Gasteiger partial charge in [-0.2, -0.15) is 0 Å². The van der Waals surface area contributed by atoms with Crippen molar-refractivity contribution in [2.24, 2.45) is 4.99 Å². The van der Waals surface area contributed by atoms with Gasteiger partial charge in [0.25, 0.3) is 0 Å². The summed E-state index contributed by atoms with van der Waals surface area (Å²) in [6.45, 7) is 4.27. The van der Waals surface area contributed by atoms with Crippen LogP contribution in [0, 0.1) is 13.8 Å². The maximum atomic E-state index is 6.14. The van der Waals surface area contributed by atoms with E-state index in [0.29, 0.717) is 6.42 Å². The summed E-state index contributed by atoms with van der Waals surface area (Å²) in [6.07, 6.45) is 1.48. The Balaban J connectivity index is 0.000000572. The van der Waals surface area contributed by atoms with Crippen molar-refractivity contribution in [1.29, 1.82) is 0 Å². The van der Waals surface area contributed by atoms with E-state index < -0.39 is 0 Å². The Morgan fingerprint density at radius 3 is 1.60 bits per heavy atom. The van der Waals surface area contributed by atoms with Gasteiger partial charge in [0.05, 0.1) is 25.5 Å². The first-order valence-electron chi connectivity index (χ1n) is 16.1. The molecular weight excluding hydrogens is 588 g/mol. The highest BCUT2D eigenvalue weighted by Gasteiger charge is 2.19. The minimum absolute atomic E-state index is 0.669. The van der Waals surface area contributed by atoms with Crippen LogP contribution >= 0.6 is 0 Å². The van der Waals surface area contributed by atoms with Crippen LogP contribution in [0.25, 0.3) is 5.57 Å². The van der Waals surface area contributed by atoms with Crippen molar-refractivity contribution in [3.8, 4) is 11.5 Å². The first-order valence-corrected chi connectivity index (χ1v) is 16.1. The van der Waals surface area contributed by atoms with E-state index in [0.717, 1.165) is 62.7 Å². The standard InChI is InChI=1S/C38H35NO2.C6H7N/c1-27-20-31(24-29-14-8-5-9-15-29)37(40-3)32(21-27)25-33-22-28(2)23-35(38(33)41-4)36(30-16-10-6-11-17-30)26-39-34-18-12-7-13-19-34;7-6-4-2-1-3-5-6/h5-23H,24-25H2,1-4H3;1-5H,7H2. The van der Waals surface area contributed by atoms with Crippen LogP contribution in [0.3, 0.4) is 0 Å². The number of ether oxygens (including phenoxy) is 2. The van der Waals surface area contributed by atoms with Crippen LogP contribution < -0.4 is 15.2 Å². The van der Waals surface area contributed by atoms with Gasteiger partial charge in [0.15, 0.2) is 0 Å². The minimum Gasteiger partial charge on any atom is -0.496 e. The van der Waals surface area contributed by atoms with E-state index in [4.69, 9.17) is 20.2 Å². The monoisotopic (exact) mass is 630 g/mol. The Morgan fingerprint density at radius 1 is 0.583 bits per heavy atom. The molecule has 0 unspecified atom stereocenters. The average molecular weight is 631 g/mol. The van der Waals surface area contributed by atoms with Gasteiger partial charge in [0.2, 0.25) is 0 Å². The SMILES string of the molecule is COc1c(Cc2ccccc2)cc(C)cc1Cc1cc(C)cc(C(=C=Nc2ccccc2)c2ccccc2)c1OC.Nc1ccccc1. The number of rotatable bonds is 9. The molecule has 48 heavy (non-hydrogen) atoms. The van der Waals surface area contributed by atoms with E-state index in [2.05, 4.69) is 80.4 Å². The second-order valence-corrected chi connectivity index (χ2v) is 11.7. The van der Waals surface area contributed by atoms with E-state index in [1.54, 1.807) is 14.2 Å². The molecule has 0 heterocycles. The molecule has 0 radical (unpaired) electrons. The van der Waals surface area contributed by atoms with E-state index in [-0.39, 0.29) is 0 Å². The third kappa shape index (κ3) is 8.91. The molecule has 0 fully saturated rings. The molecule has 0 aliphatic carbocycles. The van der Waals surface area contributed by atoms with Crippen LogP contribution in [0.2, 0.25) is 0 Å². The van der Waals surface area contributed by atoms with Crippen LogP contribution in [0.15, 0.2) is 151 Å². The van der Waals surface area contributed by atoms with E-state index in [1.807, 2.05) is 84.9 Å². The second-order valence-electron chi connectivity index (χ2n) is 11.7. The molecule has 0 aliphatic heterocycles. The molecule has 6 aromatic carbocycles. The molecule has 0 aromatic heterocycles. The van der Waals surface area contributed by atoms with E-state index in [1.165, 1.54) is 16.7 Å². The Labute approximate surface area is 284 Å². The fourth-order valence-electron chi connectivity index (χ4n) is 5.84. The average Bonchev–Trinajstić information content (AvgIpc) is 3.10. The zero-order chi connectivity index (χ0) is 33.7. The lowest BCUT2D eigenvalue weighted by atomic mass is 9.90. The summed E-state index contributed by atoms with van der Waals surface area (Å²) < 4.78 is 12.2. The molecule has 2 N–H and O–H groups in total. The Bertz CT molecular complexity index is 1980. The smallest absolute Gasteiger partial charge is 0.130 e. The van der Waals surface area contributed by atoms with Gasteiger partial charge >= 0.3 is 0 Å². The van der Waals surface area contributed by atoms with Gasteiger partial charge in [-0.25, -0.2) is 4.99 Å². The van der Waals surface area contributed by atoms with Crippen molar-refractivity contribution in [2.45, 2.75) is 26.7 Å². The number of anilines is 1. The van der Waals surface area contributed by atoms with Gasteiger partial charge in [-0.05, 0) is 83.4 Å². The lowest BCUT2D eigenvalue weighted by molar-refractivity contribution is 0.402. The number of aliphatic imine (C=N–C) groups is 1. The highest BCUT2D eigenvalue weighted by Crippen LogP contribution is 2.37. The molecular formula is C44H42N2O2. The summed E-state index contributed by atoms with van der Waals surface area (Å²) in [5.74, 6) is 5.11. The molecule has 4 nitrogen and oxygen atoms in total. The lowest BCUT2D eigenvalue weighted by Crippen LogP contribution is -2.04. The van der Waals surface area contributed by atoms with Crippen LogP contribution in [0.5, 0.6) is 11.5 Å². The van der Waals surface area contributed by atoms with Crippen molar-refractivity contribution in [2.75, 3.05) is 20.0 Å². The van der Waals surface area contributed by atoms with Gasteiger partial charge in [-0.3, -0.25) is 0 Å². The molecule has 0 bridgehead atoms. The van der Waals surface area contributed by atoms with Crippen molar-refractivity contribution in [1.82, 2.24) is 0 Å². The maximum Gasteiger partial charge on any atom is 0.130 e. The first kappa shape index (κ1) is 33.5. The van der Waals surface area contributed by atoms with Crippen LogP contribution in [0.1, 0.15) is 44.5 Å². The molecule has 0 spiro atoms. The number of methoxy groups -OCH3 is 2. The molecule has 0 saturated carbocycles. The maximum absolute atomic E-state index is 6.14. The fourth-order valence-corrected chi connectivity index (χ4v) is 5.84. The van der Waals surface area contributed by atoms with E-state index in [9.17, 15) is 0 Å². The molecule has 240 valence electrons. The third-order valence-corrected chi connectivity index (χ3v) is 7.91. The molecule has 6 aromatic rings. The number of aryl methyl sites for hydroxylation is 2. The summed E-state index contributed by atoms with van der Waals surface area (Å²) in [6, 6.07) is 49.0. The second kappa shape index (κ2) is 16.6. The largest absolute Gasteiger partial charge is 0.496 e. The van der Waals surface area contributed by atoms with Gasteiger partial charge in [-0.15, -0.1) is 0 Å². The fraction of sp³-hybridized carbons (Fsp3) is 0.136. The zero-order valence-corrected chi connectivity index (χ0v) is 28.1. The Morgan fingerprint density at radius 2 is 1.06 bits per heavy atom. The molecule has 6 rings (SSSR count). The summed E-state index contributed by atoms with van der Waals surface area (Å²) >= 11 is 0. The molecule has 4 heteroatoms. The first-order chi connectivity index (χ1) is 23.4. The molecule has 0 saturated heterocycles. The summed E-state index contributed by atoms with van der Waals surface area (Å²) in [5.41, 5.74) is 16.9. The highest BCUT2D eigenvalue weighted by molar-refractivity contribution is 6.01. The number of benzene rings is 6. The van der Waals surface area contributed by atoms with E-state index >= 15 is 0 Å². The summed E-state index contributed by atoms with van der Waals surface area (Å²) in [7, 11) is 3.50. The zero-order valence-electron chi connectivity index (χ0n) is 28.1. The van der Waals surface area contributed by atoms with Crippen LogP contribution in [0.4, 0.5) is 11.4 Å². The Hall–Kier alpha value is -5.83. The molecule has 0 atom stereocenters. The third-order valence-electron chi connectivity index (χ3n) is 7.91. The van der Waals surface area contributed by atoms with Crippen molar-refractivity contribution in [3.63, 3.8) is 0 Å². The topological polar surface area (TPSA) is 56.8 Å². The quantitative estimate of drug-likeness (QED) is 0.128. The number of nitrogen functional groups attached to an aromatic ring is 1. The lowest BCUT2D eigenvalue weighted by Gasteiger charge is -2.19.